The Morgan fingerprint density at radius 1 is 1.25 bits per heavy atom. The predicted molar refractivity (Wildman–Crippen MR) is 92.6 cm³/mol. The van der Waals surface area contributed by atoms with Gasteiger partial charge in [0, 0.05) is 12.6 Å². The zero-order valence-electron chi connectivity index (χ0n) is 15.4. The van der Waals surface area contributed by atoms with Crippen LogP contribution in [0.15, 0.2) is 0 Å². The lowest BCUT2D eigenvalue weighted by Crippen LogP contribution is -2.42. The average Bonchev–Trinajstić information content (AvgIpc) is 2.58. The van der Waals surface area contributed by atoms with Crippen molar-refractivity contribution in [1.29, 1.82) is 0 Å². The van der Waals surface area contributed by atoms with Gasteiger partial charge in [0.2, 0.25) is 0 Å². The quantitative estimate of drug-likeness (QED) is 0.303. The van der Waals surface area contributed by atoms with Crippen LogP contribution in [-0.2, 0) is 14.4 Å². The van der Waals surface area contributed by atoms with Gasteiger partial charge in [0.1, 0.15) is 12.7 Å². The highest BCUT2D eigenvalue weighted by molar-refractivity contribution is 5.75. The Morgan fingerprint density at radius 3 is 2.50 bits per heavy atom. The van der Waals surface area contributed by atoms with Crippen molar-refractivity contribution in [1.82, 2.24) is 5.32 Å². The van der Waals surface area contributed by atoms with Crippen molar-refractivity contribution in [3.05, 3.63) is 0 Å². The maximum absolute atomic E-state index is 11.9. The van der Waals surface area contributed by atoms with Gasteiger partial charge in [-0.2, -0.15) is 0 Å². The molecule has 6 nitrogen and oxygen atoms in total. The van der Waals surface area contributed by atoms with Gasteiger partial charge in [0.05, 0.1) is 12.0 Å². The van der Waals surface area contributed by atoms with Crippen LogP contribution in [0.1, 0.15) is 65.7 Å². The molecule has 0 saturated heterocycles. The summed E-state index contributed by atoms with van der Waals surface area (Å²) in [6, 6.07) is -0.00413. The monoisotopic (exact) mass is 345 g/mol. The SMILES string of the molecule is CCC(C)(C)C(=O)OCC(O)CNC(COO)CC1CCCCC1. The molecular formula is C18H35NO5. The number of carbonyl (C=O) groups is 1. The number of ether oxygens (including phenoxy) is 1. The third-order valence-corrected chi connectivity index (χ3v) is 5.10. The van der Waals surface area contributed by atoms with Gasteiger partial charge in [-0.15, -0.1) is 0 Å². The van der Waals surface area contributed by atoms with Gasteiger partial charge in [-0.3, -0.25) is 10.1 Å². The molecule has 0 bridgehead atoms. The maximum atomic E-state index is 11.9. The molecule has 0 aromatic carbocycles. The van der Waals surface area contributed by atoms with E-state index in [1.807, 2.05) is 20.8 Å². The fourth-order valence-electron chi connectivity index (χ4n) is 3.00. The topological polar surface area (TPSA) is 88.0 Å². The lowest BCUT2D eigenvalue weighted by Gasteiger charge is -2.27. The fourth-order valence-corrected chi connectivity index (χ4v) is 3.00. The molecule has 24 heavy (non-hydrogen) atoms. The van der Waals surface area contributed by atoms with E-state index in [2.05, 4.69) is 10.2 Å². The predicted octanol–water partition coefficient (Wildman–Crippen LogP) is 2.74. The van der Waals surface area contributed by atoms with E-state index in [0.29, 0.717) is 18.9 Å². The van der Waals surface area contributed by atoms with Gasteiger partial charge >= 0.3 is 5.97 Å². The van der Waals surface area contributed by atoms with E-state index in [1.54, 1.807) is 0 Å². The summed E-state index contributed by atoms with van der Waals surface area (Å²) < 4.78 is 5.19. The summed E-state index contributed by atoms with van der Waals surface area (Å²) in [5.41, 5.74) is -0.526. The third-order valence-electron chi connectivity index (χ3n) is 5.10. The van der Waals surface area contributed by atoms with Crippen molar-refractivity contribution < 1.29 is 24.8 Å². The molecule has 0 amide bonds. The molecule has 0 heterocycles. The molecule has 0 aromatic heterocycles. The summed E-state index contributed by atoms with van der Waals surface area (Å²) in [4.78, 5) is 16.2. The van der Waals surface area contributed by atoms with Crippen LogP contribution in [0.25, 0.3) is 0 Å². The average molecular weight is 345 g/mol. The summed E-state index contributed by atoms with van der Waals surface area (Å²) >= 11 is 0. The van der Waals surface area contributed by atoms with Crippen molar-refractivity contribution in [3.63, 3.8) is 0 Å². The van der Waals surface area contributed by atoms with Crippen LogP contribution in [0.5, 0.6) is 0 Å². The molecule has 2 atom stereocenters. The highest BCUT2D eigenvalue weighted by Gasteiger charge is 2.27. The summed E-state index contributed by atoms with van der Waals surface area (Å²) in [7, 11) is 0. The number of aliphatic hydroxyl groups excluding tert-OH is 1. The standard InChI is InChI=1S/C18H35NO5/c1-4-18(2,3)17(21)23-13-16(20)11-19-15(12-24-22)10-14-8-6-5-7-9-14/h14-16,19-20,22H,4-13H2,1-3H3. The largest absolute Gasteiger partial charge is 0.462 e. The first-order valence-electron chi connectivity index (χ1n) is 9.24. The summed E-state index contributed by atoms with van der Waals surface area (Å²) in [5, 5.41) is 22.0. The number of aliphatic hydroxyl groups is 1. The summed E-state index contributed by atoms with van der Waals surface area (Å²) in [5.74, 6) is 0.355. The molecule has 6 heteroatoms. The minimum Gasteiger partial charge on any atom is -0.462 e. The zero-order valence-corrected chi connectivity index (χ0v) is 15.4. The molecule has 1 rings (SSSR count). The molecule has 1 fully saturated rings. The van der Waals surface area contributed by atoms with Crippen LogP contribution < -0.4 is 5.32 Å². The van der Waals surface area contributed by atoms with Crippen LogP contribution in [0, 0.1) is 11.3 Å². The second kappa shape index (κ2) is 11.0. The minimum absolute atomic E-state index is 0.00413. The normalized spacial score (nSPS) is 19.0. The first kappa shape index (κ1) is 21.4. The highest BCUT2D eigenvalue weighted by atomic mass is 17.1. The van der Waals surface area contributed by atoms with Crippen LogP contribution in [0.4, 0.5) is 0 Å². The summed E-state index contributed by atoms with van der Waals surface area (Å²) in [6.07, 6.45) is 7.13. The Labute approximate surface area is 145 Å². The van der Waals surface area contributed by atoms with E-state index in [1.165, 1.54) is 32.1 Å². The molecule has 142 valence electrons. The van der Waals surface area contributed by atoms with Gasteiger partial charge in [-0.05, 0) is 32.6 Å². The Hall–Kier alpha value is -0.690. The Bertz CT molecular complexity index is 355. The Kier molecular flexibility index (Phi) is 9.81. The number of carbonyl (C=O) groups excluding carboxylic acids is 1. The lowest BCUT2D eigenvalue weighted by atomic mass is 9.85. The number of hydrogen-bond donors (Lipinski definition) is 3. The molecule has 2 unspecified atom stereocenters. The van der Waals surface area contributed by atoms with Crippen LogP contribution in [0.3, 0.4) is 0 Å². The van der Waals surface area contributed by atoms with Crippen molar-refractivity contribution in [2.75, 3.05) is 19.8 Å². The van der Waals surface area contributed by atoms with Gasteiger partial charge in [-0.1, -0.05) is 39.0 Å². The zero-order chi connectivity index (χ0) is 18.0. The summed E-state index contributed by atoms with van der Waals surface area (Å²) in [6.45, 7) is 6.08. The molecule has 1 aliphatic rings. The van der Waals surface area contributed by atoms with E-state index >= 15 is 0 Å². The molecule has 0 spiro atoms. The third kappa shape index (κ3) is 7.92. The van der Waals surface area contributed by atoms with Crippen LogP contribution in [-0.4, -0.2) is 48.2 Å². The fraction of sp³-hybridized carbons (Fsp3) is 0.944. The number of esters is 1. The highest BCUT2D eigenvalue weighted by Crippen LogP contribution is 2.27. The first-order valence-corrected chi connectivity index (χ1v) is 9.24. The number of rotatable bonds is 11. The van der Waals surface area contributed by atoms with E-state index in [-0.39, 0.29) is 25.2 Å². The lowest BCUT2D eigenvalue weighted by molar-refractivity contribution is -0.247. The molecule has 0 radical (unpaired) electrons. The van der Waals surface area contributed by atoms with E-state index in [9.17, 15) is 9.90 Å². The van der Waals surface area contributed by atoms with E-state index in [4.69, 9.17) is 9.99 Å². The van der Waals surface area contributed by atoms with Crippen molar-refractivity contribution >= 4 is 5.97 Å². The van der Waals surface area contributed by atoms with E-state index in [0.717, 1.165) is 6.42 Å². The smallest absolute Gasteiger partial charge is 0.311 e. The molecule has 1 aliphatic carbocycles. The molecular weight excluding hydrogens is 310 g/mol. The first-order chi connectivity index (χ1) is 11.4. The second-order valence-electron chi connectivity index (χ2n) is 7.63. The van der Waals surface area contributed by atoms with Gasteiger partial charge in [0.15, 0.2) is 0 Å². The molecule has 3 N–H and O–H groups in total. The molecule has 0 aromatic rings. The van der Waals surface area contributed by atoms with Gasteiger partial charge < -0.3 is 15.2 Å². The van der Waals surface area contributed by atoms with Crippen molar-refractivity contribution in [3.8, 4) is 0 Å². The van der Waals surface area contributed by atoms with E-state index < -0.39 is 11.5 Å². The Balaban J connectivity index is 2.30. The number of nitrogens with one attached hydrogen (secondary N) is 1. The maximum Gasteiger partial charge on any atom is 0.311 e. The minimum atomic E-state index is -0.769. The molecule has 0 aliphatic heterocycles. The van der Waals surface area contributed by atoms with Crippen molar-refractivity contribution in [2.45, 2.75) is 77.9 Å². The van der Waals surface area contributed by atoms with Crippen LogP contribution in [0.2, 0.25) is 0 Å². The second-order valence-corrected chi connectivity index (χ2v) is 7.63. The van der Waals surface area contributed by atoms with Gasteiger partial charge in [-0.25, -0.2) is 4.89 Å². The van der Waals surface area contributed by atoms with Crippen molar-refractivity contribution in [2.24, 2.45) is 11.3 Å². The molecule has 1 saturated carbocycles. The van der Waals surface area contributed by atoms with Gasteiger partial charge in [0.25, 0.3) is 0 Å². The number of hydrogen-bond acceptors (Lipinski definition) is 6. The van der Waals surface area contributed by atoms with Crippen LogP contribution >= 0.6 is 0 Å². The Morgan fingerprint density at radius 2 is 1.92 bits per heavy atom.